The lowest BCUT2D eigenvalue weighted by Crippen LogP contribution is -2.32. The predicted molar refractivity (Wildman–Crippen MR) is 73.4 cm³/mol. The zero-order valence-corrected chi connectivity index (χ0v) is 10.7. The van der Waals surface area contributed by atoms with E-state index in [2.05, 4.69) is 9.97 Å². The van der Waals surface area contributed by atoms with E-state index >= 15 is 0 Å². The van der Waals surface area contributed by atoms with E-state index in [1.54, 1.807) is 0 Å². The van der Waals surface area contributed by atoms with Crippen molar-refractivity contribution in [1.82, 2.24) is 14.9 Å². The van der Waals surface area contributed by atoms with Crippen molar-refractivity contribution in [2.45, 2.75) is 25.3 Å². The van der Waals surface area contributed by atoms with Crippen LogP contribution in [-0.4, -0.2) is 27.8 Å². The Labute approximate surface area is 112 Å². The fourth-order valence-electron chi connectivity index (χ4n) is 2.64. The van der Waals surface area contributed by atoms with Crippen LogP contribution in [0.2, 0.25) is 0 Å². The summed E-state index contributed by atoms with van der Waals surface area (Å²) in [5, 5.41) is 0. The van der Waals surface area contributed by atoms with Gasteiger partial charge >= 0.3 is 0 Å². The second-order valence-corrected chi connectivity index (χ2v) is 4.89. The monoisotopic (exact) mass is 255 g/mol. The van der Waals surface area contributed by atoms with Crippen molar-refractivity contribution in [3.63, 3.8) is 0 Å². The molecule has 0 aliphatic carbocycles. The molecule has 0 saturated carbocycles. The maximum atomic E-state index is 11.1. The largest absolute Gasteiger partial charge is 0.346 e. The highest BCUT2D eigenvalue weighted by molar-refractivity contribution is 5.58. The molecule has 4 nitrogen and oxygen atoms in total. The highest BCUT2D eigenvalue weighted by Gasteiger charge is 2.25. The molecular weight excluding hydrogens is 238 g/mol. The van der Waals surface area contributed by atoms with Crippen molar-refractivity contribution in [2.75, 3.05) is 6.54 Å². The molecule has 1 aliphatic heterocycles. The smallest absolute Gasteiger partial charge is 0.210 e. The van der Waals surface area contributed by atoms with Crippen LogP contribution >= 0.6 is 0 Å². The van der Waals surface area contributed by atoms with Crippen LogP contribution in [-0.2, 0) is 4.79 Å². The number of nitrogens with zero attached hydrogens (tertiary/aromatic N) is 2. The van der Waals surface area contributed by atoms with Gasteiger partial charge in [-0.25, -0.2) is 4.98 Å². The number of piperidine rings is 1. The van der Waals surface area contributed by atoms with E-state index in [4.69, 9.17) is 0 Å². The summed E-state index contributed by atoms with van der Waals surface area (Å²) >= 11 is 0. The molecule has 1 aromatic carbocycles. The van der Waals surface area contributed by atoms with Gasteiger partial charge in [0.2, 0.25) is 6.41 Å². The normalized spacial score (nSPS) is 19.4. The van der Waals surface area contributed by atoms with Gasteiger partial charge in [0, 0.05) is 18.3 Å². The van der Waals surface area contributed by atoms with Crippen molar-refractivity contribution in [3.8, 4) is 11.3 Å². The Balaban J connectivity index is 1.86. The minimum absolute atomic E-state index is 0.101. The zero-order chi connectivity index (χ0) is 13.1. The Bertz CT molecular complexity index is 550. The van der Waals surface area contributed by atoms with Crippen LogP contribution in [0.25, 0.3) is 11.3 Å². The molecule has 19 heavy (non-hydrogen) atoms. The lowest BCUT2D eigenvalue weighted by molar-refractivity contribution is -0.121. The van der Waals surface area contributed by atoms with E-state index in [1.165, 1.54) is 0 Å². The first-order chi connectivity index (χ1) is 9.38. The minimum atomic E-state index is 0.101. The molecule has 1 amide bonds. The van der Waals surface area contributed by atoms with Crippen molar-refractivity contribution >= 4 is 6.41 Å². The third kappa shape index (κ3) is 2.38. The molecule has 0 radical (unpaired) electrons. The summed E-state index contributed by atoms with van der Waals surface area (Å²) in [5.41, 5.74) is 2.03. The Kier molecular flexibility index (Phi) is 3.31. The van der Waals surface area contributed by atoms with Crippen molar-refractivity contribution in [3.05, 3.63) is 42.4 Å². The quantitative estimate of drug-likeness (QED) is 0.857. The van der Waals surface area contributed by atoms with Gasteiger partial charge in [0.15, 0.2) is 0 Å². The fraction of sp³-hybridized carbons (Fsp3) is 0.333. The number of carbonyl (C=O) groups is 1. The number of H-pyrrole nitrogens is 1. The SMILES string of the molecule is O=CN1CCCCC1c1nc(-c2ccccc2)c[nH]1. The van der Waals surface area contributed by atoms with Gasteiger partial charge in [-0.05, 0) is 19.3 Å². The van der Waals surface area contributed by atoms with E-state index in [9.17, 15) is 4.79 Å². The second-order valence-electron chi connectivity index (χ2n) is 4.89. The summed E-state index contributed by atoms with van der Waals surface area (Å²) in [6.45, 7) is 0.829. The van der Waals surface area contributed by atoms with Crippen molar-refractivity contribution in [1.29, 1.82) is 0 Å². The summed E-state index contributed by atoms with van der Waals surface area (Å²) < 4.78 is 0. The van der Waals surface area contributed by atoms with Gasteiger partial charge in [-0.3, -0.25) is 4.79 Å². The molecular formula is C15H17N3O. The molecule has 1 aliphatic rings. The highest BCUT2D eigenvalue weighted by atomic mass is 16.1. The van der Waals surface area contributed by atoms with Crippen LogP contribution in [0, 0.1) is 0 Å². The molecule has 0 spiro atoms. The van der Waals surface area contributed by atoms with Gasteiger partial charge in [0.1, 0.15) is 5.82 Å². The summed E-state index contributed by atoms with van der Waals surface area (Å²) in [6.07, 6.45) is 6.08. The van der Waals surface area contributed by atoms with E-state index in [1.807, 2.05) is 41.4 Å². The standard InChI is InChI=1S/C15H17N3O/c19-11-18-9-5-4-8-14(18)15-16-10-13(17-15)12-6-2-1-3-7-12/h1-3,6-7,10-11,14H,4-5,8-9H2,(H,16,17). The van der Waals surface area contributed by atoms with Gasteiger partial charge in [-0.15, -0.1) is 0 Å². The first-order valence-electron chi connectivity index (χ1n) is 6.70. The number of hydrogen-bond donors (Lipinski definition) is 1. The molecule has 0 bridgehead atoms. The summed E-state index contributed by atoms with van der Waals surface area (Å²) in [4.78, 5) is 20.8. The Hall–Kier alpha value is -2.10. The molecule has 2 heterocycles. The topological polar surface area (TPSA) is 49.0 Å². The van der Waals surface area contributed by atoms with Crippen LogP contribution in [0.1, 0.15) is 31.1 Å². The number of aromatic nitrogens is 2. The maximum absolute atomic E-state index is 11.1. The first-order valence-corrected chi connectivity index (χ1v) is 6.70. The van der Waals surface area contributed by atoms with Crippen LogP contribution in [0.4, 0.5) is 0 Å². The molecule has 1 fully saturated rings. The molecule has 1 saturated heterocycles. The number of hydrogen-bond acceptors (Lipinski definition) is 2. The molecule has 3 rings (SSSR count). The number of imidazole rings is 1. The maximum Gasteiger partial charge on any atom is 0.210 e. The van der Waals surface area contributed by atoms with Crippen molar-refractivity contribution in [2.24, 2.45) is 0 Å². The fourth-order valence-corrected chi connectivity index (χ4v) is 2.64. The van der Waals surface area contributed by atoms with E-state index in [-0.39, 0.29) is 6.04 Å². The lowest BCUT2D eigenvalue weighted by Gasteiger charge is -2.31. The molecule has 1 unspecified atom stereocenters. The summed E-state index contributed by atoms with van der Waals surface area (Å²) in [6, 6.07) is 10.2. The van der Waals surface area contributed by atoms with Crippen LogP contribution in [0.5, 0.6) is 0 Å². The van der Waals surface area contributed by atoms with Gasteiger partial charge in [0.05, 0.1) is 11.7 Å². The molecule has 1 aromatic heterocycles. The van der Waals surface area contributed by atoms with Gasteiger partial charge < -0.3 is 9.88 Å². The predicted octanol–water partition coefficient (Wildman–Crippen LogP) is 2.76. The van der Waals surface area contributed by atoms with E-state index in [0.29, 0.717) is 0 Å². The number of benzene rings is 1. The molecule has 4 heteroatoms. The van der Waals surface area contributed by atoms with Crippen LogP contribution in [0.15, 0.2) is 36.5 Å². The van der Waals surface area contributed by atoms with Crippen molar-refractivity contribution < 1.29 is 4.79 Å². The number of nitrogens with one attached hydrogen (secondary N) is 1. The average Bonchev–Trinajstić information content (AvgIpc) is 2.98. The third-order valence-electron chi connectivity index (χ3n) is 3.66. The number of rotatable bonds is 3. The number of likely N-dealkylation sites (tertiary alicyclic amines) is 1. The van der Waals surface area contributed by atoms with Gasteiger partial charge in [-0.1, -0.05) is 30.3 Å². The molecule has 1 atom stereocenters. The number of carbonyl (C=O) groups excluding carboxylic acids is 1. The molecule has 1 N–H and O–H groups in total. The molecule has 98 valence electrons. The average molecular weight is 255 g/mol. The van der Waals surface area contributed by atoms with E-state index in [0.717, 1.165) is 49.3 Å². The van der Waals surface area contributed by atoms with Crippen LogP contribution < -0.4 is 0 Å². The minimum Gasteiger partial charge on any atom is -0.346 e. The second kappa shape index (κ2) is 5.26. The summed E-state index contributed by atoms with van der Waals surface area (Å²) in [7, 11) is 0. The molecule has 2 aromatic rings. The Morgan fingerprint density at radius 3 is 2.89 bits per heavy atom. The zero-order valence-electron chi connectivity index (χ0n) is 10.7. The van der Waals surface area contributed by atoms with Gasteiger partial charge in [0.25, 0.3) is 0 Å². The third-order valence-corrected chi connectivity index (χ3v) is 3.66. The number of amides is 1. The Morgan fingerprint density at radius 2 is 2.11 bits per heavy atom. The van der Waals surface area contributed by atoms with Crippen LogP contribution in [0.3, 0.4) is 0 Å². The first kappa shape index (κ1) is 12.0. The Morgan fingerprint density at radius 1 is 1.26 bits per heavy atom. The number of aromatic amines is 1. The lowest BCUT2D eigenvalue weighted by atomic mass is 10.0. The van der Waals surface area contributed by atoms with Gasteiger partial charge in [-0.2, -0.15) is 0 Å². The van der Waals surface area contributed by atoms with E-state index < -0.39 is 0 Å². The highest BCUT2D eigenvalue weighted by Crippen LogP contribution is 2.29. The summed E-state index contributed by atoms with van der Waals surface area (Å²) in [5.74, 6) is 0.894.